The Balaban J connectivity index is 1.79. The van der Waals surface area contributed by atoms with Crippen LogP contribution in [0, 0.1) is 11.8 Å². The second kappa shape index (κ2) is 7.64. The fraction of sp³-hybridized carbons (Fsp3) is 0.500. The maximum absolute atomic E-state index is 10.6. The number of aromatic nitrogens is 4. The van der Waals surface area contributed by atoms with Gasteiger partial charge in [-0.25, -0.2) is 0 Å². The van der Waals surface area contributed by atoms with Crippen LogP contribution >= 0.6 is 11.3 Å². The van der Waals surface area contributed by atoms with E-state index in [0.29, 0.717) is 35.6 Å². The zero-order valence-electron chi connectivity index (χ0n) is 14.0. The summed E-state index contributed by atoms with van der Waals surface area (Å²) in [6.45, 7) is 4.46. The lowest BCUT2D eigenvalue weighted by Gasteiger charge is -2.37. The van der Waals surface area contributed by atoms with Crippen molar-refractivity contribution in [1.29, 1.82) is 0 Å². The van der Waals surface area contributed by atoms with Gasteiger partial charge in [-0.3, -0.25) is 9.59 Å². The summed E-state index contributed by atoms with van der Waals surface area (Å²) in [5, 5.41) is 23.2. The van der Waals surface area contributed by atoms with Crippen molar-refractivity contribution in [3.63, 3.8) is 0 Å². The predicted molar refractivity (Wildman–Crippen MR) is 94.4 cm³/mol. The van der Waals surface area contributed by atoms with Gasteiger partial charge >= 0.3 is 0 Å². The summed E-state index contributed by atoms with van der Waals surface area (Å²) in [6, 6.07) is 3.69. The molecule has 9 heteroatoms. The van der Waals surface area contributed by atoms with Crippen LogP contribution < -0.4 is 10.6 Å². The van der Waals surface area contributed by atoms with Crippen LogP contribution in [0.15, 0.2) is 12.1 Å². The molecule has 0 aromatic carbocycles. The number of hydrogen-bond acceptors (Lipinski definition) is 7. The predicted octanol–water partition coefficient (Wildman–Crippen LogP) is 2.40. The molecule has 2 N–H and O–H groups in total. The number of nitrogens with zero attached hydrogens (tertiary/aromatic N) is 4. The number of anilines is 2. The smallest absolute Gasteiger partial charge is 0.213 e. The van der Waals surface area contributed by atoms with E-state index >= 15 is 0 Å². The van der Waals surface area contributed by atoms with Gasteiger partial charge in [0.2, 0.25) is 18.0 Å². The maximum Gasteiger partial charge on any atom is 0.213 e. The second-order valence-electron chi connectivity index (χ2n) is 6.45. The molecule has 2 heterocycles. The third kappa shape index (κ3) is 3.81. The Labute approximate surface area is 149 Å². The Morgan fingerprint density at radius 2 is 1.72 bits per heavy atom. The van der Waals surface area contributed by atoms with E-state index in [0.717, 1.165) is 23.5 Å². The van der Waals surface area contributed by atoms with Gasteiger partial charge in [-0.1, -0.05) is 25.2 Å². The summed E-state index contributed by atoms with van der Waals surface area (Å²) in [7, 11) is 0. The van der Waals surface area contributed by atoms with Crippen molar-refractivity contribution in [3.05, 3.63) is 22.8 Å². The standard InChI is InChI=1S/C16H20N6O2S/c1-9-5-10(2)12(15-21-22-16(25-15)18-8-24)6-11(9)13-3-4-14(17-7-23)20-19-13/h3-4,7-12H,5-6H2,1-2H3,(H,17,20,23)(H,18,22,24)/t9?,10?,11?,12-/m0/s1. The first-order valence-corrected chi connectivity index (χ1v) is 9.01. The SMILES string of the molecule is CC1CC(C)[C@@H](c2nnc(NC=O)s2)CC1c1ccc(NC=O)nn1. The average Bonchev–Trinajstić information content (AvgIpc) is 3.05. The molecule has 132 valence electrons. The monoisotopic (exact) mass is 360 g/mol. The van der Waals surface area contributed by atoms with Gasteiger partial charge in [-0.2, -0.15) is 5.10 Å². The molecule has 3 rings (SSSR count). The highest BCUT2D eigenvalue weighted by Gasteiger charge is 2.37. The van der Waals surface area contributed by atoms with Crippen molar-refractivity contribution in [2.75, 3.05) is 10.6 Å². The van der Waals surface area contributed by atoms with Gasteiger partial charge in [-0.05, 0) is 36.8 Å². The van der Waals surface area contributed by atoms with E-state index in [1.807, 2.05) is 6.07 Å². The zero-order valence-corrected chi connectivity index (χ0v) is 14.9. The lowest BCUT2D eigenvalue weighted by atomic mass is 9.68. The summed E-state index contributed by atoms with van der Waals surface area (Å²) < 4.78 is 0. The van der Waals surface area contributed by atoms with E-state index in [1.54, 1.807) is 6.07 Å². The van der Waals surface area contributed by atoms with Crippen LogP contribution in [0.1, 0.15) is 49.2 Å². The Morgan fingerprint density at radius 3 is 2.40 bits per heavy atom. The molecular weight excluding hydrogens is 340 g/mol. The molecule has 0 spiro atoms. The van der Waals surface area contributed by atoms with E-state index in [-0.39, 0.29) is 11.8 Å². The normalized spacial score (nSPS) is 26.0. The minimum atomic E-state index is 0.269. The Bertz CT molecular complexity index is 734. The third-order valence-corrected chi connectivity index (χ3v) is 5.82. The molecule has 1 saturated carbocycles. The molecule has 2 aromatic rings. The number of amides is 2. The molecule has 1 fully saturated rings. The maximum atomic E-state index is 10.6. The highest BCUT2D eigenvalue weighted by molar-refractivity contribution is 7.15. The minimum absolute atomic E-state index is 0.269. The summed E-state index contributed by atoms with van der Waals surface area (Å²) >= 11 is 1.43. The molecule has 2 aromatic heterocycles. The highest BCUT2D eigenvalue weighted by atomic mass is 32.1. The van der Waals surface area contributed by atoms with Gasteiger partial charge in [-0.15, -0.1) is 15.3 Å². The van der Waals surface area contributed by atoms with Gasteiger partial charge in [0.25, 0.3) is 0 Å². The first-order chi connectivity index (χ1) is 12.1. The van der Waals surface area contributed by atoms with Crippen LogP contribution in [0.3, 0.4) is 0 Å². The lowest BCUT2D eigenvalue weighted by molar-refractivity contribution is -0.106. The largest absolute Gasteiger partial charge is 0.312 e. The van der Waals surface area contributed by atoms with E-state index in [4.69, 9.17) is 0 Å². The van der Waals surface area contributed by atoms with Crippen LogP contribution in [-0.2, 0) is 9.59 Å². The van der Waals surface area contributed by atoms with Crippen molar-refractivity contribution in [1.82, 2.24) is 20.4 Å². The molecule has 3 unspecified atom stereocenters. The van der Waals surface area contributed by atoms with E-state index in [9.17, 15) is 9.59 Å². The van der Waals surface area contributed by atoms with E-state index in [2.05, 4.69) is 44.9 Å². The van der Waals surface area contributed by atoms with Gasteiger partial charge in [0, 0.05) is 11.8 Å². The average molecular weight is 360 g/mol. The summed E-state index contributed by atoms with van der Waals surface area (Å²) in [5.41, 5.74) is 0.927. The Kier molecular flexibility index (Phi) is 5.32. The fourth-order valence-corrected chi connectivity index (χ4v) is 4.53. The number of nitrogens with one attached hydrogen (secondary N) is 2. The molecule has 2 amide bonds. The number of hydrogen-bond donors (Lipinski definition) is 2. The second-order valence-corrected chi connectivity index (χ2v) is 7.46. The van der Waals surface area contributed by atoms with Crippen molar-refractivity contribution in [2.24, 2.45) is 11.8 Å². The van der Waals surface area contributed by atoms with Gasteiger partial charge < -0.3 is 10.6 Å². The van der Waals surface area contributed by atoms with Crippen LogP contribution in [0.2, 0.25) is 0 Å². The summed E-state index contributed by atoms with van der Waals surface area (Å²) in [6.07, 6.45) is 3.17. The molecule has 25 heavy (non-hydrogen) atoms. The van der Waals surface area contributed by atoms with Crippen molar-refractivity contribution < 1.29 is 9.59 Å². The number of rotatable bonds is 6. The van der Waals surface area contributed by atoms with Gasteiger partial charge in [0.1, 0.15) is 5.01 Å². The number of carbonyl (C=O) groups is 2. The van der Waals surface area contributed by atoms with Crippen LogP contribution in [0.4, 0.5) is 10.9 Å². The van der Waals surface area contributed by atoms with E-state index in [1.165, 1.54) is 11.3 Å². The zero-order chi connectivity index (χ0) is 17.8. The van der Waals surface area contributed by atoms with Gasteiger partial charge in [0.05, 0.1) is 5.69 Å². The first kappa shape index (κ1) is 17.4. The van der Waals surface area contributed by atoms with Crippen LogP contribution in [0.25, 0.3) is 0 Å². The molecule has 0 saturated heterocycles. The molecule has 0 radical (unpaired) electrons. The molecule has 0 bridgehead atoms. The third-order valence-electron chi connectivity index (χ3n) is 4.84. The summed E-state index contributed by atoms with van der Waals surface area (Å²) in [4.78, 5) is 21.0. The highest BCUT2D eigenvalue weighted by Crippen LogP contribution is 2.47. The Morgan fingerprint density at radius 1 is 0.960 bits per heavy atom. The number of carbonyl (C=O) groups excluding carboxylic acids is 2. The molecular formula is C16H20N6O2S. The van der Waals surface area contributed by atoms with Crippen LogP contribution in [-0.4, -0.2) is 33.2 Å². The van der Waals surface area contributed by atoms with Crippen molar-refractivity contribution in [3.8, 4) is 0 Å². The Hall–Kier alpha value is -2.42. The molecule has 1 aliphatic rings. The van der Waals surface area contributed by atoms with Crippen molar-refractivity contribution in [2.45, 2.75) is 38.5 Å². The van der Waals surface area contributed by atoms with Crippen molar-refractivity contribution >= 4 is 35.1 Å². The molecule has 1 aliphatic carbocycles. The topological polar surface area (TPSA) is 110 Å². The quantitative estimate of drug-likeness (QED) is 0.766. The minimum Gasteiger partial charge on any atom is -0.312 e. The van der Waals surface area contributed by atoms with Gasteiger partial charge in [0.15, 0.2) is 5.82 Å². The summed E-state index contributed by atoms with van der Waals surface area (Å²) in [5.74, 6) is 1.94. The lowest BCUT2D eigenvalue weighted by Crippen LogP contribution is -2.27. The van der Waals surface area contributed by atoms with Crippen LogP contribution in [0.5, 0.6) is 0 Å². The molecule has 0 aliphatic heterocycles. The molecule has 8 nitrogen and oxygen atoms in total. The molecule has 4 atom stereocenters. The first-order valence-electron chi connectivity index (χ1n) is 8.19. The fourth-order valence-electron chi connectivity index (χ4n) is 3.58. The van der Waals surface area contributed by atoms with E-state index < -0.39 is 0 Å².